The zero-order valence-corrected chi connectivity index (χ0v) is 13.4. The van der Waals surface area contributed by atoms with E-state index in [0.717, 1.165) is 5.71 Å². The Morgan fingerprint density at radius 3 is 1.85 bits per heavy atom. The Morgan fingerprint density at radius 1 is 0.950 bits per heavy atom. The van der Waals surface area contributed by atoms with Gasteiger partial charge in [0.1, 0.15) is 0 Å². The van der Waals surface area contributed by atoms with Gasteiger partial charge < -0.3 is 0 Å². The van der Waals surface area contributed by atoms with Crippen LogP contribution < -0.4 is 5.43 Å². The summed E-state index contributed by atoms with van der Waals surface area (Å²) in [6, 6.07) is 7.69. The fourth-order valence-corrected chi connectivity index (χ4v) is 2.12. The Balaban J connectivity index is 2.78. The minimum atomic E-state index is -0.154. The van der Waals surface area contributed by atoms with Crippen molar-refractivity contribution in [3.05, 3.63) is 35.4 Å². The Labute approximate surface area is 122 Å². The molecule has 0 atom stereocenters. The van der Waals surface area contributed by atoms with Gasteiger partial charge in [0.15, 0.2) is 0 Å². The Hall–Kier alpha value is -1.64. The normalized spacial score (nSPS) is 11.1. The van der Waals surface area contributed by atoms with Crippen LogP contribution in [0.25, 0.3) is 0 Å². The highest BCUT2D eigenvalue weighted by Crippen LogP contribution is 2.14. The van der Waals surface area contributed by atoms with Gasteiger partial charge in [-0.1, -0.05) is 53.7 Å². The number of rotatable bonds is 5. The molecule has 1 aromatic carbocycles. The lowest BCUT2D eigenvalue weighted by molar-refractivity contribution is 0.0954. The quantitative estimate of drug-likeness (QED) is 0.634. The lowest BCUT2D eigenvalue weighted by Crippen LogP contribution is -2.24. The second kappa shape index (κ2) is 7.22. The molecule has 20 heavy (non-hydrogen) atoms. The molecule has 110 valence electrons. The number of amides is 1. The molecule has 1 rings (SSSR count). The van der Waals surface area contributed by atoms with Crippen LogP contribution in [0.1, 0.15) is 63.4 Å². The smallest absolute Gasteiger partial charge is 0.267 e. The molecule has 0 aliphatic heterocycles. The largest absolute Gasteiger partial charge is 0.271 e. The first-order valence-corrected chi connectivity index (χ1v) is 7.30. The molecule has 0 saturated carbocycles. The lowest BCUT2D eigenvalue weighted by atomic mass is 9.98. The SMILES string of the molecule is CC(C)C(=NNC(=O)c1ccc(C(C)C)cc1)C(C)C. The molecule has 1 amide bonds. The van der Waals surface area contributed by atoms with Crippen molar-refractivity contribution >= 4 is 11.6 Å². The molecule has 3 heteroatoms. The maximum atomic E-state index is 12.1. The van der Waals surface area contributed by atoms with E-state index in [1.807, 2.05) is 24.3 Å². The maximum absolute atomic E-state index is 12.1. The number of carbonyl (C=O) groups is 1. The summed E-state index contributed by atoms with van der Waals surface area (Å²) >= 11 is 0. The van der Waals surface area contributed by atoms with E-state index in [2.05, 4.69) is 52.1 Å². The molecule has 0 bridgehead atoms. The third kappa shape index (κ3) is 4.48. The fraction of sp³-hybridized carbons (Fsp3) is 0.529. The third-order valence-corrected chi connectivity index (χ3v) is 3.31. The van der Waals surface area contributed by atoms with Crippen LogP contribution in [0.15, 0.2) is 29.4 Å². The van der Waals surface area contributed by atoms with Crippen molar-refractivity contribution in [2.45, 2.75) is 47.5 Å². The van der Waals surface area contributed by atoms with Crippen LogP contribution >= 0.6 is 0 Å². The molecule has 1 aromatic rings. The van der Waals surface area contributed by atoms with Gasteiger partial charge in [0, 0.05) is 11.3 Å². The van der Waals surface area contributed by atoms with Gasteiger partial charge in [0.2, 0.25) is 0 Å². The predicted molar refractivity (Wildman–Crippen MR) is 85.1 cm³/mol. The molecule has 0 fully saturated rings. The topological polar surface area (TPSA) is 41.5 Å². The Kier molecular flexibility index (Phi) is 5.93. The summed E-state index contributed by atoms with van der Waals surface area (Å²) in [5.74, 6) is 0.981. The molecule has 0 aliphatic rings. The number of nitrogens with one attached hydrogen (secondary N) is 1. The van der Waals surface area contributed by atoms with E-state index in [4.69, 9.17) is 0 Å². The van der Waals surface area contributed by atoms with Crippen LogP contribution in [0.5, 0.6) is 0 Å². The number of hydrogen-bond donors (Lipinski definition) is 1. The van der Waals surface area contributed by atoms with Crippen molar-refractivity contribution in [2.75, 3.05) is 0 Å². The third-order valence-electron chi connectivity index (χ3n) is 3.31. The van der Waals surface area contributed by atoms with Crippen molar-refractivity contribution in [1.29, 1.82) is 0 Å². The van der Waals surface area contributed by atoms with Gasteiger partial charge in [-0.3, -0.25) is 4.79 Å². The van der Waals surface area contributed by atoms with Crippen LogP contribution in [0.4, 0.5) is 0 Å². The van der Waals surface area contributed by atoms with Crippen LogP contribution in [0.3, 0.4) is 0 Å². The van der Waals surface area contributed by atoms with E-state index >= 15 is 0 Å². The first kappa shape index (κ1) is 16.4. The van der Waals surface area contributed by atoms with Crippen molar-refractivity contribution in [3.63, 3.8) is 0 Å². The van der Waals surface area contributed by atoms with Gasteiger partial charge in [0.05, 0.1) is 0 Å². The van der Waals surface area contributed by atoms with E-state index < -0.39 is 0 Å². The molecule has 1 N–H and O–H groups in total. The minimum absolute atomic E-state index is 0.154. The van der Waals surface area contributed by atoms with E-state index in [9.17, 15) is 4.79 Å². The average molecular weight is 274 g/mol. The zero-order valence-electron chi connectivity index (χ0n) is 13.4. The molecular weight excluding hydrogens is 248 g/mol. The standard InChI is InChI=1S/C17H26N2O/c1-11(2)14-7-9-15(10-8-14)17(20)19-18-16(12(3)4)13(5)6/h7-13H,1-6H3,(H,19,20). The zero-order chi connectivity index (χ0) is 15.3. The number of nitrogens with zero attached hydrogens (tertiary/aromatic N) is 1. The molecule has 0 unspecified atom stereocenters. The summed E-state index contributed by atoms with van der Waals surface area (Å²) in [7, 11) is 0. The van der Waals surface area contributed by atoms with Crippen molar-refractivity contribution in [1.82, 2.24) is 5.43 Å². The summed E-state index contributed by atoms with van der Waals surface area (Å²) in [4.78, 5) is 12.1. The first-order chi connectivity index (χ1) is 9.32. The molecule has 3 nitrogen and oxygen atoms in total. The second-order valence-electron chi connectivity index (χ2n) is 6.06. The van der Waals surface area contributed by atoms with Gasteiger partial charge in [-0.15, -0.1) is 0 Å². The summed E-state index contributed by atoms with van der Waals surface area (Å²) in [6.45, 7) is 12.6. The summed E-state index contributed by atoms with van der Waals surface area (Å²) in [6.07, 6.45) is 0. The van der Waals surface area contributed by atoms with Crippen LogP contribution in [-0.4, -0.2) is 11.6 Å². The van der Waals surface area contributed by atoms with E-state index in [1.54, 1.807) is 0 Å². The Morgan fingerprint density at radius 2 is 1.45 bits per heavy atom. The van der Waals surface area contributed by atoms with Crippen molar-refractivity contribution in [2.24, 2.45) is 16.9 Å². The van der Waals surface area contributed by atoms with Crippen LogP contribution in [0.2, 0.25) is 0 Å². The van der Waals surface area contributed by atoms with Gasteiger partial charge in [-0.25, -0.2) is 5.43 Å². The van der Waals surface area contributed by atoms with Gasteiger partial charge in [-0.2, -0.15) is 5.10 Å². The average Bonchev–Trinajstić information content (AvgIpc) is 2.38. The molecule has 0 saturated heterocycles. The fourth-order valence-electron chi connectivity index (χ4n) is 2.12. The van der Waals surface area contributed by atoms with Crippen molar-refractivity contribution in [3.8, 4) is 0 Å². The second-order valence-corrected chi connectivity index (χ2v) is 6.06. The maximum Gasteiger partial charge on any atom is 0.271 e. The van der Waals surface area contributed by atoms with Gasteiger partial charge >= 0.3 is 0 Å². The summed E-state index contributed by atoms with van der Waals surface area (Å²) < 4.78 is 0. The highest BCUT2D eigenvalue weighted by atomic mass is 16.2. The van der Waals surface area contributed by atoms with Crippen molar-refractivity contribution < 1.29 is 4.79 Å². The van der Waals surface area contributed by atoms with E-state index in [-0.39, 0.29) is 5.91 Å². The first-order valence-electron chi connectivity index (χ1n) is 7.30. The lowest BCUT2D eigenvalue weighted by Gasteiger charge is -2.13. The molecule has 0 aliphatic carbocycles. The predicted octanol–water partition coefficient (Wildman–Crippen LogP) is 4.21. The molecule has 0 spiro atoms. The van der Waals surface area contributed by atoms with E-state index in [1.165, 1.54) is 5.56 Å². The highest BCUT2D eigenvalue weighted by molar-refractivity contribution is 5.96. The van der Waals surface area contributed by atoms with Gasteiger partial charge in [0.25, 0.3) is 5.91 Å². The Bertz CT molecular complexity index is 460. The summed E-state index contributed by atoms with van der Waals surface area (Å²) in [5.41, 5.74) is 5.55. The molecule has 0 radical (unpaired) electrons. The van der Waals surface area contributed by atoms with Gasteiger partial charge in [-0.05, 0) is 35.4 Å². The van der Waals surface area contributed by atoms with E-state index in [0.29, 0.717) is 23.3 Å². The number of hydrogen-bond acceptors (Lipinski definition) is 2. The monoisotopic (exact) mass is 274 g/mol. The molecule has 0 heterocycles. The number of hydrazone groups is 1. The number of carbonyl (C=O) groups excluding carboxylic acids is 1. The molecule has 0 aromatic heterocycles. The van der Waals surface area contributed by atoms with Crippen LogP contribution in [-0.2, 0) is 0 Å². The molecular formula is C17H26N2O. The number of benzene rings is 1. The highest BCUT2D eigenvalue weighted by Gasteiger charge is 2.11. The summed E-state index contributed by atoms with van der Waals surface area (Å²) in [5, 5.41) is 4.27. The van der Waals surface area contributed by atoms with Crippen LogP contribution in [0, 0.1) is 11.8 Å². The minimum Gasteiger partial charge on any atom is -0.267 e.